The molecular formula is C26H24N2O3. The molecule has 5 nitrogen and oxygen atoms in total. The molecule has 0 fully saturated rings. The molecule has 0 spiro atoms. The summed E-state index contributed by atoms with van der Waals surface area (Å²) in [4.78, 5) is 3.07. The molecule has 3 N–H and O–H groups in total. The first-order chi connectivity index (χ1) is 15.2. The van der Waals surface area contributed by atoms with Gasteiger partial charge in [0.05, 0.1) is 17.5 Å². The van der Waals surface area contributed by atoms with Gasteiger partial charge in [-0.3, -0.25) is 0 Å². The number of hydrogen-bond donors (Lipinski definition) is 3. The number of aromatic nitrogens is 2. The Morgan fingerprint density at radius 1 is 1.10 bits per heavy atom. The van der Waals surface area contributed by atoms with Crippen molar-refractivity contribution in [3.05, 3.63) is 65.4 Å². The highest BCUT2D eigenvalue weighted by Gasteiger charge is 2.29. The Bertz CT molecular complexity index is 1480. The fourth-order valence-corrected chi connectivity index (χ4v) is 5.42. The number of aryl methyl sites for hydroxylation is 1. The number of nitrogens with zero attached hydrogens (tertiary/aromatic N) is 1. The molecule has 0 bridgehead atoms. The van der Waals surface area contributed by atoms with E-state index < -0.39 is 0 Å². The molecule has 5 aromatic rings. The Morgan fingerprint density at radius 3 is 2.81 bits per heavy atom. The van der Waals surface area contributed by atoms with E-state index in [0.717, 1.165) is 51.2 Å². The summed E-state index contributed by atoms with van der Waals surface area (Å²) < 4.78 is 7.74. The maximum atomic E-state index is 10.8. The van der Waals surface area contributed by atoms with Crippen molar-refractivity contribution in [2.24, 2.45) is 0 Å². The van der Waals surface area contributed by atoms with Crippen LogP contribution in [0.25, 0.3) is 43.7 Å². The molecule has 156 valence electrons. The van der Waals surface area contributed by atoms with Crippen molar-refractivity contribution in [1.29, 1.82) is 0 Å². The van der Waals surface area contributed by atoms with E-state index in [0.29, 0.717) is 13.0 Å². The van der Waals surface area contributed by atoms with E-state index in [1.807, 2.05) is 6.20 Å². The molecule has 0 aliphatic heterocycles. The second kappa shape index (κ2) is 6.87. The van der Waals surface area contributed by atoms with E-state index in [9.17, 15) is 10.2 Å². The molecular weight excluding hydrogens is 388 g/mol. The highest BCUT2D eigenvalue weighted by Crippen LogP contribution is 2.50. The van der Waals surface area contributed by atoms with Crippen LogP contribution in [0, 0.1) is 0 Å². The van der Waals surface area contributed by atoms with Crippen LogP contribution in [0.3, 0.4) is 0 Å². The maximum absolute atomic E-state index is 10.8. The van der Waals surface area contributed by atoms with E-state index in [-0.39, 0.29) is 12.5 Å². The number of fused-ring (bicyclic) bond motifs is 10. The molecule has 0 radical (unpaired) electrons. The Labute approximate surface area is 179 Å². The molecule has 0 saturated heterocycles. The van der Waals surface area contributed by atoms with Crippen molar-refractivity contribution in [3.63, 3.8) is 0 Å². The molecule has 1 aliphatic carbocycles. The minimum absolute atomic E-state index is 0.151. The summed E-state index contributed by atoms with van der Waals surface area (Å²) in [6, 6.07) is 14.9. The number of ether oxygens (including phenoxy) is 1. The average Bonchev–Trinajstić information content (AvgIpc) is 3.44. The van der Waals surface area contributed by atoms with Gasteiger partial charge in [-0.2, -0.15) is 0 Å². The number of aromatic hydroxyl groups is 1. The lowest BCUT2D eigenvalue weighted by Crippen LogP contribution is -2.02. The topological polar surface area (TPSA) is 70.4 Å². The number of aromatic amines is 1. The van der Waals surface area contributed by atoms with Crippen LogP contribution in [0.5, 0.6) is 5.88 Å². The first kappa shape index (κ1) is 18.5. The molecule has 0 saturated carbocycles. The number of H-pyrrole nitrogens is 1. The highest BCUT2D eigenvalue weighted by atomic mass is 16.5. The Hall–Kier alpha value is -3.28. The van der Waals surface area contributed by atoms with Crippen molar-refractivity contribution in [2.75, 3.05) is 13.7 Å². The molecule has 2 aromatic heterocycles. The summed E-state index contributed by atoms with van der Waals surface area (Å²) in [5, 5.41) is 24.6. The van der Waals surface area contributed by atoms with Gasteiger partial charge in [0.15, 0.2) is 5.88 Å². The highest BCUT2D eigenvalue weighted by molar-refractivity contribution is 6.27. The van der Waals surface area contributed by atoms with Crippen LogP contribution in [0.2, 0.25) is 0 Å². The van der Waals surface area contributed by atoms with Crippen LogP contribution < -0.4 is 0 Å². The lowest BCUT2D eigenvalue weighted by molar-refractivity contribution is 0.185. The molecule has 3 aromatic carbocycles. The third-order valence-electron chi connectivity index (χ3n) is 6.60. The van der Waals surface area contributed by atoms with Gasteiger partial charge in [-0.25, -0.2) is 0 Å². The Balaban J connectivity index is 1.82. The van der Waals surface area contributed by atoms with Gasteiger partial charge in [0.1, 0.15) is 0 Å². The normalized spacial score (nSPS) is 12.8. The van der Waals surface area contributed by atoms with Crippen LogP contribution in [-0.4, -0.2) is 33.5 Å². The Morgan fingerprint density at radius 2 is 1.97 bits per heavy atom. The predicted molar refractivity (Wildman–Crippen MR) is 124 cm³/mol. The van der Waals surface area contributed by atoms with E-state index >= 15 is 0 Å². The zero-order valence-electron chi connectivity index (χ0n) is 17.4. The van der Waals surface area contributed by atoms with Crippen molar-refractivity contribution < 1.29 is 14.9 Å². The summed E-state index contributed by atoms with van der Waals surface area (Å²) >= 11 is 0. The van der Waals surface area contributed by atoms with Gasteiger partial charge in [0.25, 0.3) is 0 Å². The smallest absolute Gasteiger partial charge is 0.197 e. The number of nitrogens with one attached hydrogen (secondary N) is 1. The first-order valence-corrected chi connectivity index (χ1v) is 10.7. The van der Waals surface area contributed by atoms with Gasteiger partial charge >= 0.3 is 0 Å². The minimum atomic E-state index is 0.151. The molecule has 31 heavy (non-hydrogen) atoms. The van der Waals surface area contributed by atoms with E-state index in [4.69, 9.17) is 4.74 Å². The summed E-state index contributed by atoms with van der Waals surface area (Å²) in [6.45, 7) is 1.44. The standard InChI is InChI=1S/C26H24N2O3/c1-31-14-15-7-8-21-18(11-15)23-20-13-27-26(30)24(20)22-17-6-3-2-5-16(17)12-19(22)25(23)28(21)9-4-10-29/h2-3,5-8,11,13,27,29-30H,4,9-10,12,14H2,1H3. The summed E-state index contributed by atoms with van der Waals surface area (Å²) in [7, 11) is 1.71. The third-order valence-corrected chi connectivity index (χ3v) is 6.60. The van der Waals surface area contributed by atoms with Crippen molar-refractivity contribution in [1.82, 2.24) is 9.55 Å². The second-order valence-corrected chi connectivity index (χ2v) is 8.35. The van der Waals surface area contributed by atoms with Crippen LogP contribution >= 0.6 is 0 Å². The average molecular weight is 412 g/mol. The maximum Gasteiger partial charge on any atom is 0.197 e. The van der Waals surface area contributed by atoms with Crippen LogP contribution in [0.1, 0.15) is 23.1 Å². The van der Waals surface area contributed by atoms with Gasteiger partial charge in [0, 0.05) is 60.1 Å². The van der Waals surface area contributed by atoms with Crippen molar-refractivity contribution in [3.8, 4) is 17.0 Å². The molecule has 5 heteroatoms. The van der Waals surface area contributed by atoms with Crippen LogP contribution in [-0.2, 0) is 24.3 Å². The summed E-state index contributed by atoms with van der Waals surface area (Å²) in [6.07, 6.45) is 3.45. The lowest BCUT2D eigenvalue weighted by atomic mass is 9.96. The van der Waals surface area contributed by atoms with Crippen LogP contribution in [0.4, 0.5) is 0 Å². The molecule has 0 unspecified atom stereocenters. The fourth-order valence-electron chi connectivity index (χ4n) is 5.42. The molecule has 2 heterocycles. The van der Waals surface area contributed by atoms with Gasteiger partial charge in [0.2, 0.25) is 0 Å². The quantitative estimate of drug-likeness (QED) is 0.370. The molecule has 6 rings (SSSR count). The second-order valence-electron chi connectivity index (χ2n) is 8.35. The van der Waals surface area contributed by atoms with Crippen molar-refractivity contribution in [2.45, 2.75) is 26.0 Å². The number of benzene rings is 3. The van der Waals surface area contributed by atoms with Gasteiger partial charge < -0.3 is 24.5 Å². The van der Waals surface area contributed by atoms with Gasteiger partial charge in [-0.15, -0.1) is 0 Å². The first-order valence-electron chi connectivity index (χ1n) is 10.7. The minimum Gasteiger partial charge on any atom is -0.494 e. The predicted octanol–water partition coefficient (Wildman–Crippen LogP) is 5.08. The largest absolute Gasteiger partial charge is 0.494 e. The number of rotatable bonds is 5. The van der Waals surface area contributed by atoms with E-state index in [1.54, 1.807) is 7.11 Å². The van der Waals surface area contributed by atoms with E-state index in [1.165, 1.54) is 22.2 Å². The molecule has 0 atom stereocenters. The van der Waals surface area contributed by atoms with Gasteiger partial charge in [-0.05, 0) is 40.8 Å². The van der Waals surface area contributed by atoms with Crippen LogP contribution in [0.15, 0.2) is 48.7 Å². The van der Waals surface area contributed by atoms with Crippen molar-refractivity contribution >= 4 is 32.6 Å². The summed E-state index contributed by atoms with van der Waals surface area (Å²) in [5.41, 5.74) is 8.32. The number of aliphatic hydroxyl groups excluding tert-OH is 1. The third kappa shape index (κ3) is 2.51. The monoisotopic (exact) mass is 412 g/mol. The van der Waals surface area contributed by atoms with Gasteiger partial charge in [-0.1, -0.05) is 30.3 Å². The zero-order chi connectivity index (χ0) is 21.1. The number of aliphatic hydroxyl groups is 1. The fraction of sp³-hybridized carbons (Fsp3) is 0.231. The zero-order valence-corrected chi connectivity index (χ0v) is 17.4. The number of hydrogen-bond acceptors (Lipinski definition) is 3. The summed E-state index contributed by atoms with van der Waals surface area (Å²) in [5.74, 6) is 0.217. The number of methoxy groups -OCH3 is 1. The Kier molecular flexibility index (Phi) is 4.10. The molecule has 0 amide bonds. The lowest BCUT2D eigenvalue weighted by Gasteiger charge is -2.12. The SMILES string of the molecule is COCc1ccc2c(c1)c1c3c[nH]c(O)c3c3c(c1n2CCCO)Cc1ccccc1-3. The van der Waals surface area contributed by atoms with E-state index in [2.05, 4.69) is 52.0 Å². The molecule has 1 aliphatic rings.